The zero-order valence-electron chi connectivity index (χ0n) is 8.17. The van der Waals surface area contributed by atoms with E-state index in [-0.39, 0.29) is 18.6 Å². The fourth-order valence-corrected chi connectivity index (χ4v) is 0.880. The molecule has 0 aliphatic rings. The van der Waals surface area contributed by atoms with E-state index in [9.17, 15) is 4.79 Å². The van der Waals surface area contributed by atoms with E-state index in [4.69, 9.17) is 9.84 Å². The Morgan fingerprint density at radius 1 is 1.62 bits per heavy atom. The first-order valence-electron chi connectivity index (χ1n) is 4.28. The van der Waals surface area contributed by atoms with Crippen LogP contribution in [0.3, 0.4) is 0 Å². The smallest absolute Gasteiger partial charge is 0.221 e. The molecule has 0 fully saturated rings. The molecule has 5 heteroatoms. The average Bonchev–Trinajstić information content (AvgIpc) is 2.14. The topological polar surface area (TPSA) is 70.6 Å². The van der Waals surface area contributed by atoms with Crippen molar-refractivity contribution in [3.8, 4) is 0 Å². The van der Waals surface area contributed by atoms with Crippen molar-refractivity contribution in [2.75, 3.05) is 33.9 Å². The first-order chi connectivity index (χ1) is 6.24. The molecule has 13 heavy (non-hydrogen) atoms. The average molecular weight is 190 g/mol. The summed E-state index contributed by atoms with van der Waals surface area (Å²) in [4.78, 5) is 11.1. The Hall–Kier alpha value is -0.650. The van der Waals surface area contributed by atoms with Crippen molar-refractivity contribution >= 4 is 5.91 Å². The van der Waals surface area contributed by atoms with Gasteiger partial charge in [-0.25, -0.2) is 0 Å². The number of carbonyl (C=O) groups excluding carboxylic acids is 1. The molecule has 1 atom stereocenters. The second-order valence-corrected chi connectivity index (χ2v) is 2.76. The number of ether oxygens (including phenoxy) is 1. The van der Waals surface area contributed by atoms with Gasteiger partial charge in [0, 0.05) is 20.1 Å². The summed E-state index contributed by atoms with van der Waals surface area (Å²) in [5, 5.41) is 14.3. The fraction of sp³-hybridized carbons (Fsp3) is 0.875. The number of aliphatic hydroxyl groups is 1. The number of nitrogens with one attached hydrogen (secondary N) is 2. The van der Waals surface area contributed by atoms with Crippen molar-refractivity contribution in [1.29, 1.82) is 0 Å². The Labute approximate surface area is 78.5 Å². The highest BCUT2D eigenvalue weighted by molar-refractivity contribution is 5.76. The predicted octanol–water partition coefficient (Wildman–Crippen LogP) is -1.28. The molecule has 5 nitrogen and oxygen atoms in total. The minimum atomic E-state index is -0.297. The van der Waals surface area contributed by atoms with Crippen LogP contribution in [0.4, 0.5) is 0 Å². The zero-order valence-corrected chi connectivity index (χ0v) is 8.17. The Morgan fingerprint density at radius 2 is 2.31 bits per heavy atom. The molecule has 0 rings (SSSR count). The molecule has 0 spiro atoms. The van der Waals surface area contributed by atoms with Crippen LogP contribution >= 0.6 is 0 Å². The van der Waals surface area contributed by atoms with E-state index in [1.807, 2.05) is 0 Å². The highest BCUT2D eigenvalue weighted by Gasteiger charge is 2.09. The monoisotopic (exact) mass is 190 g/mol. The quantitative estimate of drug-likeness (QED) is 0.467. The van der Waals surface area contributed by atoms with Gasteiger partial charge >= 0.3 is 0 Å². The lowest BCUT2D eigenvalue weighted by Gasteiger charge is -2.14. The van der Waals surface area contributed by atoms with Crippen LogP contribution in [0.5, 0.6) is 0 Å². The number of rotatable bonds is 7. The van der Waals surface area contributed by atoms with E-state index in [1.165, 1.54) is 7.11 Å². The molecule has 1 unspecified atom stereocenters. The van der Waals surface area contributed by atoms with Gasteiger partial charge in [0.2, 0.25) is 5.91 Å². The summed E-state index contributed by atoms with van der Waals surface area (Å²) >= 11 is 0. The van der Waals surface area contributed by atoms with E-state index >= 15 is 0 Å². The predicted molar refractivity (Wildman–Crippen MR) is 49.4 cm³/mol. The molecule has 0 bridgehead atoms. The zero-order chi connectivity index (χ0) is 10.1. The number of hydrogen-bond acceptors (Lipinski definition) is 4. The van der Waals surface area contributed by atoms with Crippen molar-refractivity contribution < 1.29 is 14.6 Å². The van der Waals surface area contributed by atoms with Crippen molar-refractivity contribution in [1.82, 2.24) is 10.6 Å². The third-order valence-electron chi connectivity index (χ3n) is 1.56. The van der Waals surface area contributed by atoms with E-state index in [0.717, 1.165) is 0 Å². The van der Waals surface area contributed by atoms with Gasteiger partial charge < -0.3 is 20.5 Å². The van der Waals surface area contributed by atoms with Gasteiger partial charge in [0.05, 0.1) is 19.3 Å². The van der Waals surface area contributed by atoms with E-state index < -0.39 is 0 Å². The van der Waals surface area contributed by atoms with Gasteiger partial charge in [-0.15, -0.1) is 0 Å². The number of aliphatic hydroxyl groups excluding tert-OH is 1. The van der Waals surface area contributed by atoms with Crippen LogP contribution in [0.1, 0.15) is 6.42 Å². The van der Waals surface area contributed by atoms with E-state index in [1.54, 1.807) is 7.05 Å². The van der Waals surface area contributed by atoms with Gasteiger partial charge in [-0.05, 0) is 7.05 Å². The van der Waals surface area contributed by atoms with Crippen molar-refractivity contribution in [3.05, 3.63) is 0 Å². The van der Waals surface area contributed by atoms with Crippen LogP contribution in [-0.4, -0.2) is 51.0 Å². The minimum absolute atomic E-state index is 0.0783. The molecule has 0 aliphatic heterocycles. The second kappa shape index (κ2) is 7.97. The van der Waals surface area contributed by atoms with Crippen LogP contribution < -0.4 is 10.6 Å². The lowest BCUT2D eigenvalue weighted by Crippen LogP contribution is -2.41. The molecule has 1 amide bonds. The molecule has 78 valence electrons. The SMILES string of the molecule is CNCCC(=O)NC(CO)COC. The molecule has 0 saturated heterocycles. The van der Waals surface area contributed by atoms with Crippen LogP contribution in [0.2, 0.25) is 0 Å². The maximum absolute atomic E-state index is 11.1. The largest absolute Gasteiger partial charge is 0.394 e. The summed E-state index contributed by atoms with van der Waals surface area (Å²) in [5.74, 6) is -0.0783. The fourth-order valence-electron chi connectivity index (χ4n) is 0.880. The van der Waals surface area contributed by atoms with Crippen molar-refractivity contribution in [2.24, 2.45) is 0 Å². The van der Waals surface area contributed by atoms with Gasteiger partial charge in [-0.3, -0.25) is 4.79 Å². The first kappa shape index (κ1) is 12.3. The third kappa shape index (κ3) is 6.51. The summed E-state index contributed by atoms with van der Waals surface area (Å²) < 4.78 is 4.81. The molecule has 3 N–H and O–H groups in total. The van der Waals surface area contributed by atoms with Gasteiger partial charge in [-0.1, -0.05) is 0 Å². The van der Waals surface area contributed by atoms with Crippen LogP contribution in [-0.2, 0) is 9.53 Å². The summed E-state index contributed by atoms with van der Waals surface area (Å²) in [5.41, 5.74) is 0. The summed E-state index contributed by atoms with van der Waals surface area (Å²) in [6, 6.07) is -0.297. The molecule has 0 aromatic rings. The standard InChI is InChI=1S/C8H18N2O3/c1-9-4-3-8(12)10-7(5-11)6-13-2/h7,9,11H,3-6H2,1-2H3,(H,10,12). The lowest BCUT2D eigenvalue weighted by molar-refractivity contribution is -0.122. The van der Waals surface area contributed by atoms with Gasteiger partial charge in [0.1, 0.15) is 0 Å². The molecule has 0 aromatic carbocycles. The summed E-state index contributed by atoms with van der Waals surface area (Å²) in [7, 11) is 3.31. The third-order valence-corrected chi connectivity index (χ3v) is 1.56. The first-order valence-corrected chi connectivity index (χ1v) is 4.28. The second-order valence-electron chi connectivity index (χ2n) is 2.76. The van der Waals surface area contributed by atoms with Gasteiger partial charge in [-0.2, -0.15) is 0 Å². The van der Waals surface area contributed by atoms with Gasteiger partial charge in [0.15, 0.2) is 0 Å². The van der Waals surface area contributed by atoms with Crippen molar-refractivity contribution in [3.63, 3.8) is 0 Å². The number of carbonyl (C=O) groups is 1. The highest BCUT2D eigenvalue weighted by Crippen LogP contribution is 1.85. The molecule has 0 saturated carbocycles. The summed E-state index contributed by atoms with van der Waals surface area (Å²) in [6.07, 6.45) is 0.413. The minimum Gasteiger partial charge on any atom is -0.394 e. The Kier molecular flexibility index (Phi) is 7.57. The molecular weight excluding hydrogens is 172 g/mol. The molecule has 0 aromatic heterocycles. The molecule has 0 aliphatic carbocycles. The molecular formula is C8H18N2O3. The van der Waals surface area contributed by atoms with Crippen LogP contribution in [0, 0.1) is 0 Å². The normalized spacial score (nSPS) is 12.5. The molecule has 0 heterocycles. The maximum atomic E-state index is 11.1. The van der Waals surface area contributed by atoms with E-state index in [2.05, 4.69) is 10.6 Å². The lowest BCUT2D eigenvalue weighted by atomic mass is 10.3. The van der Waals surface area contributed by atoms with Crippen molar-refractivity contribution in [2.45, 2.75) is 12.5 Å². The number of amides is 1. The Morgan fingerprint density at radius 3 is 2.77 bits per heavy atom. The Balaban J connectivity index is 3.60. The maximum Gasteiger partial charge on any atom is 0.221 e. The number of hydrogen-bond donors (Lipinski definition) is 3. The number of methoxy groups -OCH3 is 1. The summed E-state index contributed by atoms with van der Waals surface area (Å²) in [6.45, 7) is 0.873. The highest BCUT2D eigenvalue weighted by atomic mass is 16.5. The Bertz CT molecular complexity index is 141. The van der Waals surface area contributed by atoms with Crippen LogP contribution in [0.25, 0.3) is 0 Å². The van der Waals surface area contributed by atoms with E-state index in [0.29, 0.717) is 19.6 Å². The van der Waals surface area contributed by atoms with Gasteiger partial charge in [0.25, 0.3) is 0 Å². The molecule has 0 radical (unpaired) electrons. The van der Waals surface area contributed by atoms with Crippen LogP contribution in [0.15, 0.2) is 0 Å².